The molecule has 0 atom stereocenters. The number of thioether (sulfide) groups is 1. The summed E-state index contributed by atoms with van der Waals surface area (Å²) in [7, 11) is 0. The number of benzene rings is 4. The quantitative estimate of drug-likeness (QED) is 0.208. The van der Waals surface area contributed by atoms with E-state index in [1.807, 2.05) is 120 Å². The van der Waals surface area contributed by atoms with Crippen molar-refractivity contribution in [3.63, 3.8) is 0 Å². The third kappa shape index (κ3) is 6.39. The molecule has 4 aromatic carbocycles. The lowest BCUT2D eigenvalue weighted by Crippen LogP contribution is -2.48. The maximum Gasteiger partial charge on any atom is 0.257 e. The molecule has 2 heterocycles. The number of rotatable bonds is 8. The van der Waals surface area contributed by atoms with Crippen LogP contribution in [0.3, 0.4) is 0 Å². The number of nitrogens with one attached hydrogen (secondary N) is 1. The van der Waals surface area contributed by atoms with E-state index in [-0.39, 0.29) is 17.6 Å². The SMILES string of the molecule is O=C(CSc1nc(-c2ccccc2)c(-c2ccccc2)o1)Nc1ccc(N2CCN(C(=O)c3ccccc3)CC2)cc1. The lowest BCUT2D eigenvalue weighted by Gasteiger charge is -2.36. The number of nitrogens with zero attached hydrogens (tertiary/aromatic N) is 3. The average Bonchev–Trinajstić information content (AvgIpc) is 3.50. The smallest absolute Gasteiger partial charge is 0.257 e. The average molecular weight is 575 g/mol. The van der Waals surface area contributed by atoms with Gasteiger partial charge in [-0.25, -0.2) is 4.98 Å². The van der Waals surface area contributed by atoms with Crippen LogP contribution < -0.4 is 10.2 Å². The van der Waals surface area contributed by atoms with Crippen molar-refractivity contribution in [3.8, 4) is 22.6 Å². The molecule has 0 saturated carbocycles. The van der Waals surface area contributed by atoms with Gasteiger partial charge in [-0.1, -0.05) is 90.6 Å². The second-order valence-electron chi connectivity index (χ2n) is 9.92. The molecule has 1 N–H and O–H groups in total. The maximum absolute atomic E-state index is 12.8. The highest BCUT2D eigenvalue weighted by Crippen LogP contribution is 2.35. The number of aromatic nitrogens is 1. The largest absolute Gasteiger partial charge is 0.431 e. The molecule has 2 amide bonds. The van der Waals surface area contributed by atoms with Gasteiger partial charge in [0.2, 0.25) is 5.91 Å². The number of hydrogen-bond donors (Lipinski definition) is 1. The predicted molar refractivity (Wildman–Crippen MR) is 168 cm³/mol. The van der Waals surface area contributed by atoms with E-state index in [1.165, 1.54) is 11.8 Å². The lowest BCUT2D eigenvalue weighted by atomic mass is 10.1. The van der Waals surface area contributed by atoms with E-state index in [4.69, 9.17) is 9.40 Å². The Bertz CT molecular complexity index is 1580. The molecule has 1 saturated heterocycles. The molecule has 210 valence electrons. The molecule has 0 aliphatic carbocycles. The van der Waals surface area contributed by atoms with E-state index in [1.54, 1.807) is 0 Å². The van der Waals surface area contributed by atoms with Gasteiger partial charge in [0.15, 0.2) is 5.76 Å². The number of carbonyl (C=O) groups is 2. The summed E-state index contributed by atoms with van der Waals surface area (Å²) in [5.74, 6) is 0.790. The first-order chi connectivity index (χ1) is 20.6. The third-order valence-electron chi connectivity index (χ3n) is 7.12. The van der Waals surface area contributed by atoms with Crippen molar-refractivity contribution in [1.82, 2.24) is 9.88 Å². The molecular weight excluding hydrogens is 544 g/mol. The van der Waals surface area contributed by atoms with Gasteiger partial charge in [-0.2, -0.15) is 0 Å². The number of carbonyl (C=O) groups excluding carboxylic acids is 2. The van der Waals surface area contributed by atoms with Crippen LogP contribution in [-0.2, 0) is 4.79 Å². The van der Waals surface area contributed by atoms with Gasteiger partial charge in [-0.15, -0.1) is 0 Å². The predicted octanol–water partition coefficient (Wildman–Crippen LogP) is 6.70. The Balaban J connectivity index is 1.04. The Kier molecular flexibility index (Phi) is 8.33. The standard InChI is InChI=1S/C34H30N4O3S/c39-30(24-42-34-36-31(25-10-4-1-5-11-25)32(41-34)26-12-6-2-7-13-26)35-28-16-18-29(19-17-28)37-20-22-38(23-21-37)33(40)27-14-8-3-9-15-27/h1-19H,20-24H2,(H,35,39). The first-order valence-electron chi connectivity index (χ1n) is 13.9. The van der Waals surface area contributed by atoms with Crippen LogP contribution in [0.25, 0.3) is 22.6 Å². The molecule has 6 rings (SSSR count). The second kappa shape index (κ2) is 12.8. The third-order valence-corrected chi connectivity index (χ3v) is 7.95. The summed E-state index contributed by atoms with van der Waals surface area (Å²) in [6.07, 6.45) is 0. The highest BCUT2D eigenvalue weighted by molar-refractivity contribution is 7.99. The molecule has 0 radical (unpaired) electrons. The monoisotopic (exact) mass is 574 g/mol. The molecule has 8 heteroatoms. The molecule has 7 nitrogen and oxygen atoms in total. The maximum atomic E-state index is 12.8. The van der Waals surface area contributed by atoms with E-state index in [9.17, 15) is 9.59 Å². The van der Waals surface area contributed by atoms with E-state index in [2.05, 4.69) is 10.2 Å². The van der Waals surface area contributed by atoms with Gasteiger partial charge in [0.25, 0.3) is 11.1 Å². The van der Waals surface area contributed by atoms with Crippen molar-refractivity contribution in [1.29, 1.82) is 0 Å². The Hall–Kier alpha value is -4.82. The second-order valence-corrected chi connectivity index (χ2v) is 10.8. The van der Waals surface area contributed by atoms with Crippen LogP contribution in [0.4, 0.5) is 11.4 Å². The summed E-state index contributed by atoms with van der Waals surface area (Å²) in [6, 6.07) is 37.0. The summed E-state index contributed by atoms with van der Waals surface area (Å²) >= 11 is 1.27. The summed E-state index contributed by atoms with van der Waals surface area (Å²) < 4.78 is 6.13. The number of hydrogen-bond acceptors (Lipinski definition) is 6. The Morgan fingerprint density at radius 1 is 0.738 bits per heavy atom. The zero-order chi connectivity index (χ0) is 28.7. The van der Waals surface area contributed by atoms with E-state index < -0.39 is 0 Å². The lowest BCUT2D eigenvalue weighted by molar-refractivity contribution is -0.113. The number of oxazole rings is 1. The Morgan fingerprint density at radius 2 is 1.33 bits per heavy atom. The van der Waals surface area contributed by atoms with Crippen molar-refractivity contribution in [2.75, 3.05) is 42.1 Å². The van der Waals surface area contributed by atoms with E-state index in [0.29, 0.717) is 24.1 Å². The van der Waals surface area contributed by atoms with Crippen LogP contribution in [0.1, 0.15) is 10.4 Å². The molecule has 1 aliphatic heterocycles. The van der Waals surface area contributed by atoms with Gasteiger partial charge < -0.3 is 19.5 Å². The number of anilines is 2. The Labute approximate surface area is 249 Å². The minimum Gasteiger partial charge on any atom is -0.431 e. The number of amides is 2. The molecule has 0 bridgehead atoms. The summed E-state index contributed by atoms with van der Waals surface area (Å²) in [5.41, 5.74) is 5.16. The van der Waals surface area contributed by atoms with Crippen molar-refractivity contribution in [2.24, 2.45) is 0 Å². The van der Waals surface area contributed by atoms with E-state index in [0.717, 1.165) is 46.8 Å². The normalized spacial score (nSPS) is 13.1. The fourth-order valence-electron chi connectivity index (χ4n) is 4.95. The van der Waals surface area contributed by atoms with Gasteiger partial charge in [0.1, 0.15) is 5.69 Å². The van der Waals surface area contributed by atoms with Gasteiger partial charge in [-0.3, -0.25) is 9.59 Å². The fourth-order valence-corrected chi connectivity index (χ4v) is 5.57. The summed E-state index contributed by atoms with van der Waals surface area (Å²) in [6.45, 7) is 2.85. The van der Waals surface area contributed by atoms with Crippen LogP contribution >= 0.6 is 11.8 Å². The summed E-state index contributed by atoms with van der Waals surface area (Å²) in [4.78, 5) is 34.4. The molecule has 5 aromatic rings. The zero-order valence-corrected chi connectivity index (χ0v) is 23.8. The molecular formula is C34H30N4O3S. The zero-order valence-electron chi connectivity index (χ0n) is 23.0. The molecule has 0 unspecified atom stereocenters. The van der Waals surface area contributed by atoms with Crippen LogP contribution in [0.15, 0.2) is 125 Å². The van der Waals surface area contributed by atoms with Gasteiger partial charge in [0, 0.05) is 54.2 Å². The van der Waals surface area contributed by atoms with Gasteiger partial charge >= 0.3 is 0 Å². The summed E-state index contributed by atoms with van der Waals surface area (Å²) in [5, 5.41) is 3.41. The first-order valence-corrected chi connectivity index (χ1v) is 14.9. The van der Waals surface area contributed by atoms with Crippen molar-refractivity contribution >= 4 is 35.0 Å². The topological polar surface area (TPSA) is 78.7 Å². The Morgan fingerprint density at radius 3 is 1.98 bits per heavy atom. The van der Waals surface area contributed by atoms with Crippen LogP contribution in [-0.4, -0.2) is 53.6 Å². The van der Waals surface area contributed by atoms with Crippen molar-refractivity contribution < 1.29 is 14.0 Å². The fraction of sp³-hybridized carbons (Fsp3) is 0.147. The minimum absolute atomic E-state index is 0.0727. The molecule has 0 spiro atoms. The highest BCUT2D eigenvalue weighted by Gasteiger charge is 2.22. The van der Waals surface area contributed by atoms with Gasteiger partial charge in [-0.05, 0) is 36.4 Å². The number of piperazine rings is 1. The first kappa shape index (κ1) is 27.4. The van der Waals surface area contributed by atoms with Crippen LogP contribution in [0.2, 0.25) is 0 Å². The molecule has 1 aromatic heterocycles. The highest BCUT2D eigenvalue weighted by atomic mass is 32.2. The molecule has 1 fully saturated rings. The van der Waals surface area contributed by atoms with Crippen molar-refractivity contribution in [3.05, 3.63) is 121 Å². The minimum atomic E-state index is -0.137. The molecule has 1 aliphatic rings. The van der Waals surface area contributed by atoms with Crippen LogP contribution in [0.5, 0.6) is 0 Å². The van der Waals surface area contributed by atoms with Crippen LogP contribution in [0, 0.1) is 0 Å². The van der Waals surface area contributed by atoms with E-state index >= 15 is 0 Å². The van der Waals surface area contributed by atoms with Crippen molar-refractivity contribution in [2.45, 2.75) is 5.22 Å². The molecule has 42 heavy (non-hydrogen) atoms. The van der Waals surface area contributed by atoms with Gasteiger partial charge in [0.05, 0.1) is 5.75 Å².